The standard InChI is InChI=1S/C11H14BrNO5S/c1-18-10-5-4-8(12)7-9(10)13-19(16,17)6-2-3-11(14)15/h4-5,7,13H,2-3,6H2,1H3,(H,14,15). The molecule has 2 N–H and O–H groups in total. The number of carboxylic acid groups (broad SMARTS) is 1. The molecule has 106 valence electrons. The number of anilines is 1. The number of aliphatic carboxylic acids is 1. The van der Waals surface area contributed by atoms with Gasteiger partial charge in [-0.15, -0.1) is 0 Å². The summed E-state index contributed by atoms with van der Waals surface area (Å²) < 4.78 is 31.7. The van der Waals surface area contributed by atoms with Crippen molar-refractivity contribution in [2.75, 3.05) is 17.6 Å². The third-order valence-corrected chi connectivity index (χ3v) is 4.08. The fourth-order valence-electron chi connectivity index (χ4n) is 1.39. The van der Waals surface area contributed by atoms with Crippen LogP contribution in [0.2, 0.25) is 0 Å². The van der Waals surface area contributed by atoms with Crippen molar-refractivity contribution in [1.29, 1.82) is 0 Å². The minimum absolute atomic E-state index is 0.0565. The second-order valence-corrected chi connectivity index (χ2v) is 6.52. The third kappa shape index (κ3) is 5.48. The molecule has 1 aromatic carbocycles. The van der Waals surface area contributed by atoms with Crippen molar-refractivity contribution in [3.63, 3.8) is 0 Å². The van der Waals surface area contributed by atoms with Gasteiger partial charge in [-0.05, 0) is 24.6 Å². The molecule has 8 heteroatoms. The number of hydrogen-bond acceptors (Lipinski definition) is 4. The summed E-state index contributed by atoms with van der Waals surface area (Å²) >= 11 is 3.24. The van der Waals surface area contributed by atoms with Crippen molar-refractivity contribution in [3.05, 3.63) is 22.7 Å². The molecule has 0 atom stereocenters. The number of benzene rings is 1. The van der Waals surface area contributed by atoms with Crippen molar-refractivity contribution in [3.8, 4) is 5.75 Å². The van der Waals surface area contributed by atoms with Crippen LogP contribution < -0.4 is 9.46 Å². The normalized spacial score (nSPS) is 11.1. The first-order valence-corrected chi connectivity index (χ1v) is 7.84. The zero-order valence-electron chi connectivity index (χ0n) is 10.2. The van der Waals surface area contributed by atoms with Crippen molar-refractivity contribution >= 4 is 37.6 Å². The lowest BCUT2D eigenvalue weighted by Gasteiger charge is -2.11. The van der Waals surface area contributed by atoms with E-state index in [1.54, 1.807) is 18.2 Å². The van der Waals surface area contributed by atoms with Crippen molar-refractivity contribution < 1.29 is 23.1 Å². The van der Waals surface area contributed by atoms with E-state index in [4.69, 9.17) is 9.84 Å². The predicted molar refractivity (Wildman–Crippen MR) is 75.0 cm³/mol. The number of carbonyl (C=O) groups is 1. The summed E-state index contributed by atoms with van der Waals surface area (Å²) in [6, 6.07) is 4.92. The van der Waals surface area contributed by atoms with E-state index >= 15 is 0 Å². The van der Waals surface area contributed by atoms with Gasteiger partial charge in [0, 0.05) is 10.9 Å². The van der Waals surface area contributed by atoms with Gasteiger partial charge in [0.25, 0.3) is 0 Å². The average molecular weight is 352 g/mol. The van der Waals surface area contributed by atoms with Gasteiger partial charge in [-0.25, -0.2) is 8.42 Å². The van der Waals surface area contributed by atoms with Crippen LogP contribution in [0.1, 0.15) is 12.8 Å². The van der Waals surface area contributed by atoms with E-state index in [1.165, 1.54) is 7.11 Å². The lowest BCUT2D eigenvalue weighted by molar-refractivity contribution is -0.137. The largest absolute Gasteiger partial charge is 0.495 e. The van der Waals surface area contributed by atoms with Crippen LogP contribution in [0, 0.1) is 0 Å². The van der Waals surface area contributed by atoms with Crippen molar-refractivity contribution in [2.24, 2.45) is 0 Å². The highest BCUT2D eigenvalue weighted by molar-refractivity contribution is 9.10. The Bertz CT molecular complexity index is 558. The highest BCUT2D eigenvalue weighted by Crippen LogP contribution is 2.28. The molecule has 0 aromatic heterocycles. The van der Waals surface area contributed by atoms with E-state index in [1.807, 2.05) is 0 Å². The number of halogens is 1. The Kier molecular flexibility index (Phi) is 5.61. The van der Waals surface area contributed by atoms with Gasteiger partial charge in [-0.3, -0.25) is 9.52 Å². The Labute approximate surface area is 120 Å². The van der Waals surface area contributed by atoms with Crippen LogP contribution in [0.3, 0.4) is 0 Å². The minimum atomic E-state index is -3.59. The molecule has 0 aliphatic rings. The summed E-state index contributed by atoms with van der Waals surface area (Å²) in [5, 5.41) is 8.48. The number of methoxy groups -OCH3 is 1. The summed E-state index contributed by atoms with van der Waals surface area (Å²) in [6.07, 6.45) is -0.127. The topological polar surface area (TPSA) is 92.7 Å². The van der Waals surface area contributed by atoms with E-state index < -0.39 is 16.0 Å². The molecule has 19 heavy (non-hydrogen) atoms. The molecule has 1 rings (SSSR count). The second-order valence-electron chi connectivity index (χ2n) is 3.76. The number of nitrogens with one attached hydrogen (secondary N) is 1. The lowest BCUT2D eigenvalue weighted by Crippen LogP contribution is -2.18. The molecule has 0 fully saturated rings. The Morgan fingerprint density at radius 1 is 1.47 bits per heavy atom. The first-order valence-electron chi connectivity index (χ1n) is 5.40. The zero-order chi connectivity index (χ0) is 14.5. The van der Waals surface area contributed by atoms with E-state index in [0.29, 0.717) is 15.9 Å². The Balaban J connectivity index is 2.77. The highest BCUT2D eigenvalue weighted by atomic mass is 79.9. The third-order valence-electron chi connectivity index (χ3n) is 2.23. The summed E-state index contributed by atoms with van der Waals surface area (Å²) in [7, 11) is -2.16. The van der Waals surface area contributed by atoms with Crippen LogP contribution in [0.4, 0.5) is 5.69 Å². The molecule has 0 aliphatic heterocycles. The highest BCUT2D eigenvalue weighted by Gasteiger charge is 2.14. The molecule has 0 spiro atoms. The molecule has 0 saturated carbocycles. The maximum Gasteiger partial charge on any atom is 0.303 e. The molecular weight excluding hydrogens is 338 g/mol. The second kappa shape index (κ2) is 6.76. The van der Waals surface area contributed by atoms with Gasteiger partial charge in [-0.2, -0.15) is 0 Å². The van der Waals surface area contributed by atoms with Crippen LogP contribution in [-0.2, 0) is 14.8 Å². The summed E-state index contributed by atoms with van der Waals surface area (Å²) in [5.74, 6) is -0.880. The Hall–Kier alpha value is -1.28. The summed E-state index contributed by atoms with van der Waals surface area (Å²) in [4.78, 5) is 10.3. The maximum atomic E-state index is 11.8. The molecule has 0 bridgehead atoms. The van der Waals surface area contributed by atoms with Gasteiger partial charge in [0.05, 0.1) is 18.6 Å². The smallest absolute Gasteiger partial charge is 0.303 e. The molecule has 0 amide bonds. The van der Waals surface area contributed by atoms with E-state index in [-0.39, 0.29) is 18.6 Å². The number of rotatable bonds is 7. The molecule has 6 nitrogen and oxygen atoms in total. The van der Waals surface area contributed by atoms with E-state index in [2.05, 4.69) is 20.7 Å². The van der Waals surface area contributed by atoms with Crippen molar-refractivity contribution in [2.45, 2.75) is 12.8 Å². The Morgan fingerprint density at radius 2 is 2.16 bits per heavy atom. The quantitative estimate of drug-likeness (QED) is 0.784. The molecule has 0 heterocycles. The SMILES string of the molecule is COc1ccc(Br)cc1NS(=O)(=O)CCCC(=O)O. The van der Waals surface area contributed by atoms with Gasteiger partial charge in [0.2, 0.25) is 10.0 Å². The molecule has 1 aromatic rings. The molecular formula is C11H14BrNO5S. The molecule has 0 radical (unpaired) electrons. The fourth-order valence-corrected chi connectivity index (χ4v) is 2.87. The monoisotopic (exact) mass is 351 g/mol. The van der Waals surface area contributed by atoms with Crippen LogP contribution >= 0.6 is 15.9 Å². The number of ether oxygens (including phenoxy) is 1. The van der Waals surface area contributed by atoms with Gasteiger partial charge in [0.1, 0.15) is 5.75 Å². The van der Waals surface area contributed by atoms with Crippen LogP contribution in [0.15, 0.2) is 22.7 Å². The predicted octanol–water partition coefficient (Wildman–Crippen LogP) is 2.06. The maximum absolute atomic E-state index is 11.8. The fraction of sp³-hybridized carbons (Fsp3) is 0.364. The number of hydrogen-bond donors (Lipinski definition) is 2. The number of carboxylic acids is 1. The van der Waals surface area contributed by atoms with E-state index in [9.17, 15) is 13.2 Å². The first-order chi connectivity index (χ1) is 8.84. The van der Waals surface area contributed by atoms with Gasteiger partial charge >= 0.3 is 5.97 Å². The van der Waals surface area contributed by atoms with E-state index in [0.717, 1.165) is 0 Å². The Morgan fingerprint density at radius 3 is 2.74 bits per heavy atom. The van der Waals surface area contributed by atoms with Crippen LogP contribution in [-0.4, -0.2) is 32.4 Å². The van der Waals surface area contributed by atoms with Gasteiger partial charge in [-0.1, -0.05) is 15.9 Å². The summed E-state index contributed by atoms with van der Waals surface area (Å²) in [5.41, 5.74) is 0.312. The lowest BCUT2D eigenvalue weighted by atomic mass is 10.3. The minimum Gasteiger partial charge on any atom is -0.495 e. The van der Waals surface area contributed by atoms with Gasteiger partial charge < -0.3 is 9.84 Å². The average Bonchev–Trinajstić information content (AvgIpc) is 2.27. The van der Waals surface area contributed by atoms with Crippen LogP contribution in [0.5, 0.6) is 5.75 Å². The van der Waals surface area contributed by atoms with Crippen LogP contribution in [0.25, 0.3) is 0 Å². The zero-order valence-corrected chi connectivity index (χ0v) is 12.6. The summed E-state index contributed by atoms with van der Waals surface area (Å²) in [6.45, 7) is 0. The molecule has 0 saturated heterocycles. The van der Waals surface area contributed by atoms with Gasteiger partial charge in [0.15, 0.2) is 0 Å². The van der Waals surface area contributed by atoms with Crippen molar-refractivity contribution in [1.82, 2.24) is 0 Å². The first kappa shape index (κ1) is 15.8. The number of sulfonamides is 1. The molecule has 0 unspecified atom stereocenters. The molecule has 0 aliphatic carbocycles.